The van der Waals surface area contributed by atoms with E-state index in [0.717, 1.165) is 35.3 Å². The molecule has 1 atom stereocenters. The van der Waals surface area contributed by atoms with Gasteiger partial charge in [-0.3, -0.25) is 0 Å². The molecule has 4 heterocycles. The first kappa shape index (κ1) is 12.8. The zero-order chi connectivity index (χ0) is 14.2. The van der Waals surface area contributed by atoms with Crippen LogP contribution in [0.5, 0.6) is 0 Å². The van der Waals surface area contributed by atoms with E-state index in [4.69, 9.17) is 4.74 Å². The van der Waals surface area contributed by atoms with Crippen molar-refractivity contribution >= 4 is 17.2 Å². The van der Waals surface area contributed by atoms with Crippen LogP contribution in [0.2, 0.25) is 0 Å². The molecule has 3 aliphatic heterocycles. The third kappa shape index (κ3) is 2.41. The Morgan fingerprint density at radius 1 is 1.43 bits per heavy atom. The predicted molar refractivity (Wildman–Crippen MR) is 79.9 cm³/mol. The van der Waals surface area contributed by atoms with E-state index in [1.54, 1.807) is 11.3 Å². The maximum absolute atomic E-state index is 5.87. The van der Waals surface area contributed by atoms with Crippen molar-refractivity contribution in [2.45, 2.75) is 13.0 Å². The molecule has 0 aliphatic carbocycles. The number of allylic oxidation sites excluding steroid dienone is 1. The Bertz CT molecular complexity index is 636. The van der Waals surface area contributed by atoms with Crippen LogP contribution in [0.1, 0.15) is 16.8 Å². The lowest BCUT2D eigenvalue weighted by atomic mass is 10.2. The lowest BCUT2D eigenvalue weighted by molar-refractivity contribution is -0.0175. The van der Waals surface area contributed by atoms with Gasteiger partial charge in [0, 0.05) is 23.8 Å². The Morgan fingerprint density at radius 2 is 2.38 bits per heavy atom. The van der Waals surface area contributed by atoms with Gasteiger partial charge in [0.1, 0.15) is 11.1 Å². The van der Waals surface area contributed by atoms with Crippen molar-refractivity contribution in [3.8, 4) is 0 Å². The van der Waals surface area contributed by atoms with Gasteiger partial charge in [-0.05, 0) is 19.1 Å². The molecule has 21 heavy (non-hydrogen) atoms. The molecule has 110 valence electrons. The summed E-state index contributed by atoms with van der Waals surface area (Å²) in [4.78, 5) is 6.86. The van der Waals surface area contributed by atoms with E-state index in [-0.39, 0.29) is 6.10 Å². The third-order valence-corrected chi connectivity index (χ3v) is 4.65. The molecular weight excluding hydrogens is 288 g/mol. The smallest absolute Gasteiger partial charge is 0.170 e. The molecule has 0 unspecified atom stereocenters. The molecule has 4 rings (SSSR count). The SMILES string of the molecule is Cc1csc([C@@H]2CN(C3=CN4NNN=C4C=C3)CCO2)n1. The molecule has 1 saturated heterocycles. The Morgan fingerprint density at radius 3 is 3.24 bits per heavy atom. The summed E-state index contributed by atoms with van der Waals surface area (Å²) in [5.74, 6) is 0.860. The first-order valence-corrected chi connectivity index (χ1v) is 7.73. The molecule has 0 radical (unpaired) electrons. The molecule has 0 saturated carbocycles. The summed E-state index contributed by atoms with van der Waals surface area (Å²) >= 11 is 1.67. The van der Waals surface area contributed by atoms with Crippen molar-refractivity contribution in [3.63, 3.8) is 0 Å². The Labute approximate surface area is 126 Å². The van der Waals surface area contributed by atoms with Crippen LogP contribution in [-0.2, 0) is 4.74 Å². The number of thiazole rings is 1. The Hall–Kier alpha value is -1.90. The number of hydrogen-bond acceptors (Lipinski definition) is 8. The molecule has 1 aromatic rings. The summed E-state index contributed by atoms with van der Waals surface area (Å²) in [7, 11) is 0. The number of nitrogens with zero attached hydrogens (tertiary/aromatic N) is 4. The fourth-order valence-corrected chi connectivity index (χ4v) is 3.37. The van der Waals surface area contributed by atoms with E-state index in [1.807, 2.05) is 24.2 Å². The number of hydrazine groups is 2. The lowest BCUT2D eigenvalue weighted by Gasteiger charge is -2.35. The highest BCUT2D eigenvalue weighted by atomic mass is 32.1. The second-order valence-corrected chi connectivity index (χ2v) is 5.97. The van der Waals surface area contributed by atoms with Gasteiger partial charge in [0.25, 0.3) is 0 Å². The number of ether oxygens (including phenoxy) is 1. The summed E-state index contributed by atoms with van der Waals surface area (Å²) in [6, 6.07) is 0. The number of hydrazone groups is 1. The van der Waals surface area contributed by atoms with Crippen LogP contribution in [0.3, 0.4) is 0 Å². The first-order chi connectivity index (χ1) is 10.3. The Balaban J connectivity index is 1.51. The fourth-order valence-electron chi connectivity index (χ4n) is 2.54. The molecule has 0 aromatic carbocycles. The highest BCUT2D eigenvalue weighted by molar-refractivity contribution is 7.09. The summed E-state index contributed by atoms with van der Waals surface area (Å²) in [5, 5.41) is 9.10. The number of morpholine rings is 1. The van der Waals surface area contributed by atoms with Gasteiger partial charge in [-0.2, -0.15) is 0 Å². The van der Waals surface area contributed by atoms with Gasteiger partial charge >= 0.3 is 0 Å². The van der Waals surface area contributed by atoms with Crippen LogP contribution in [0.15, 0.2) is 34.5 Å². The number of nitrogens with one attached hydrogen (secondary N) is 2. The van der Waals surface area contributed by atoms with Crippen LogP contribution < -0.4 is 11.1 Å². The van der Waals surface area contributed by atoms with Crippen molar-refractivity contribution in [2.75, 3.05) is 19.7 Å². The van der Waals surface area contributed by atoms with E-state index >= 15 is 0 Å². The monoisotopic (exact) mass is 304 g/mol. The largest absolute Gasteiger partial charge is 0.367 e. The molecule has 2 N–H and O–H groups in total. The average molecular weight is 304 g/mol. The van der Waals surface area contributed by atoms with E-state index in [1.165, 1.54) is 0 Å². The molecule has 1 fully saturated rings. The minimum absolute atomic E-state index is 0.0477. The van der Waals surface area contributed by atoms with Gasteiger partial charge in [-0.1, -0.05) is 0 Å². The van der Waals surface area contributed by atoms with Crippen molar-refractivity contribution in [1.82, 2.24) is 26.0 Å². The number of aryl methyl sites for hydroxylation is 1. The van der Waals surface area contributed by atoms with Crippen LogP contribution in [0, 0.1) is 6.92 Å². The van der Waals surface area contributed by atoms with Crippen molar-refractivity contribution < 1.29 is 4.74 Å². The molecule has 8 heteroatoms. The number of rotatable bonds is 2. The minimum Gasteiger partial charge on any atom is -0.367 e. The minimum atomic E-state index is 0.0477. The standard InChI is InChI=1S/C13H16N6OS/c1-9-8-21-13(14-9)11-7-18(4-5-20-11)10-2-3-12-15-16-17-19(12)6-10/h2-3,6,8,11,16-17H,4-5,7H2,1H3/t11-/m0/s1. The van der Waals surface area contributed by atoms with Gasteiger partial charge in [0.2, 0.25) is 0 Å². The van der Waals surface area contributed by atoms with Gasteiger partial charge in [-0.25, -0.2) is 15.5 Å². The summed E-state index contributed by atoms with van der Waals surface area (Å²) in [6.45, 7) is 4.42. The highest BCUT2D eigenvalue weighted by Gasteiger charge is 2.27. The lowest BCUT2D eigenvalue weighted by Crippen LogP contribution is -2.42. The van der Waals surface area contributed by atoms with Crippen LogP contribution in [0.25, 0.3) is 0 Å². The average Bonchev–Trinajstić information content (AvgIpc) is 3.15. The highest BCUT2D eigenvalue weighted by Crippen LogP contribution is 2.27. The van der Waals surface area contributed by atoms with Gasteiger partial charge in [-0.15, -0.1) is 22.0 Å². The zero-order valence-electron chi connectivity index (χ0n) is 11.6. The topological polar surface area (TPSA) is 65.0 Å². The van der Waals surface area contributed by atoms with Gasteiger partial charge in [0.05, 0.1) is 18.8 Å². The van der Waals surface area contributed by atoms with Crippen LogP contribution >= 0.6 is 11.3 Å². The number of fused-ring (bicyclic) bond motifs is 1. The summed E-state index contributed by atoms with van der Waals surface area (Å²) in [5.41, 5.74) is 7.90. The van der Waals surface area contributed by atoms with Crippen molar-refractivity contribution in [2.24, 2.45) is 5.10 Å². The molecule has 3 aliphatic rings. The zero-order valence-corrected chi connectivity index (χ0v) is 12.4. The van der Waals surface area contributed by atoms with Crippen molar-refractivity contribution in [1.29, 1.82) is 0 Å². The molecule has 1 aromatic heterocycles. The molecule has 0 bridgehead atoms. The second kappa shape index (κ2) is 5.14. The van der Waals surface area contributed by atoms with E-state index in [9.17, 15) is 0 Å². The van der Waals surface area contributed by atoms with E-state index in [0.29, 0.717) is 6.61 Å². The van der Waals surface area contributed by atoms with Gasteiger partial charge in [0.15, 0.2) is 5.84 Å². The van der Waals surface area contributed by atoms with Crippen LogP contribution in [-0.4, -0.2) is 40.4 Å². The molecule has 0 amide bonds. The molecule has 0 spiro atoms. The van der Waals surface area contributed by atoms with Crippen molar-refractivity contribution in [3.05, 3.63) is 40.1 Å². The first-order valence-electron chi connectivity index (χ1n) is 6.86. The summed E-state index contributed by atoms with van der Waals surface area (Å²) in [6.07, 6.45) is 6.15. The number of hydrogen-bond donors (Lipinski definition) is 2. The third-order valence-electron chi connectivity index (χ3n) is 3.60. The number of amidine groups is 1. The normalized spacial score (nSPS) is 24.5. The summed E-state index contributed by atoms with van der Waals surface area (Å²) < 4.78 is 5.87. The maximum Gasteiger partial charge on any atom is 0.170 e. The van der Waals surface area contributed by atoms with Gasteiger partial charge < -0.3 is 9.64 Å². The predicted octanol–water partition coefficient (Wildman–Crippen LogP) is 0.874. The Kier molecular flexibility index (Phi) is 3.13. The quantitative estimate of drug-likeness (QED) is 0.845. The maximum atomic E-state index is 5.87. The van der Waals surface area contributed by atoms with E-state index < -0.39 is 0 Å². The molecule has 7 nitrogen and oxygen atoms in total. The van der Waals surface area contributed by atoms with Crippen LogP contribution in [0.4, 0.5) is 0 Å². The number of aromatic nitrogens is 1. The molecular formula is C13H16N6OS. The van der Waals surface area contributed by atoms with E-state index in [2.05, 4.69) is 37.5 Å². The fraction of sp³-hybridized carbons (Fsp3) is 0.385. The second-order valence-electron chi connectivity index (χ2n) is 5.08.